The monoisotopic (exact) mass is 273 g/mol. The quantitative estimate of drug-likeness (QED) is 0.679. The van der Waals surface area contributed by atoms with Crippen molar-refractivity contribution in [1.82, 2.24) is 5.32 Å². The number of amides is 1. The predicted molar refractivity (Wildman–Crippen MR) is 76.1 cm³/mol. The highest BCUT2D eigenvalue weighted by molar-refractivity contribution is 5.94. The standard InChI is InChI=1S/C16H19NO3/c1-4-14(18)17-16(15(19)20-3)10-9-11(2)12-7-5-6-8-13(12)16/h4-8,11H,1,9-10H2,2-3H3,(H,17,18). The van der Waals surface area contributed by atoms with Crippen molar-refractivity contribution in [1.29, 1.82) is 0 Å². The number of fused-ring (bicyclic) bond motifs is 1. The summed E-state index contributed by atoms with van der Waals surface area (Å²) >= 11 is 0. The van der Waals surface area contributed by atoms with Gasteiger partial charge < -0.3 is 10.1 Å². The SMILES string of the molecule is C=CC(=O)NC1(C(=O)OC)CCC(C)c2ccccc21. The largest absolute Gasteiger partial charge is 0.467 e. The number of rotatable bonds is 3. The molecule has 1 amide bonds. The van der Waals surface area contributed by atoms with Gasteiger partial charge in [0, 0.05) is 0 Å². The Morgan fingerprint density at radius 2 is 2.15 bits per heavy atom. The van der Waals surface area contributed by atoms with Crippen molar-refractivity contribution in [3.05, 3.63) is 48.0 Å². The Kier molecular flexibility index (Phi) is 3.93. The fourth-order valence-electron chi connectivity index (χ4n) is 2.87. The van der Waals surface area contributed by atoms with Crippen LogP contribution in [0.2, 0.25) is 0 Å². The Bertz CT molecular complexity index is 552. The second-order valence-corrected chi connectivity index (χ2v) is 5.12. The van der Waals surface area contributed by atoms with Crippen molar-refractivity contribution in [2.75, 3.05) is 7.11 Å². The average molecular weight is 273 g/mol. The number of carbonyl (C=O) groups excluding carboxylic acids is 2. The van der Waals surface area contributed by atoms with Crippen LogP contribution in [0.5, 0.6) is 0 Å². The van der Waals surface area contributed by atoms with Crippen LogP contribution in [0.4, 0.5) is 0 Å². The van der Waals surface area contributed by atoms with Gasteiger partial charge in [-0.15, -0.1) is 0 Å². The molecule has 0 fully saturated rings. The maximum absolute atomic E-state index is 12.3. The maximum atomic E-state index is 12.3. The average Bonchev–Trinajstić information content (AvgIpc) is 2.49. The molecule has 0 heterocycles. The van der Waals surface area contributed by atoms with E-state index >= 15 is 0 Å². The third kappa shape index (κ3) is 2.22. The second kappa shape index (κ2) is 5.49. The van der Waals surface area contributed by atoms with Gasteiger partial charge in [-0.05, 0) is 36.0 Å². The topological polar surface area (TPSA) is 55.4 Å². The molecule has 2 unspecified atom stereocenters. The highest BCUT2D eigenvalue weighted by Gasteiger charge is 2.46. The fourth-order valence-corrected chi connectivity index (χ4v) is 2.87. The molecule has 0 bridgehead atoms. The lowest BCUT2D eigenvalue weighted by Gasteiger charge is -2.39. The van der Waals surface area contributed by atoms with Gasteiger partial charge in [0.15, 0.2) is 5.54 Å². The van der Waals surface area contributed by atoms with Crippen LogP contribution >= 0.6 is 0 Å². The fraction of sp³-hybridized carbons (Fsp3) is 0.375. The molecule has 2 rings (SSSR count). The summed E-state index contributed by atoms with van der Waals surface area (Å²) in [5.74, 6) is -0.462. The van der Waals surface area contributed by atoms with E-state index in [4.69, 9.17) is 4.74 Å². The highest BCUT2D eigenvalue weighted by Crippen LogP contribution is 2.41. The lowest BCUT2D eigenvalue weighted by atomic mass is 9.72. The number of carbonyl (C=O) groups is 2. The van der Waals surface area contributed by atoms with Crippen molar-refractivity contribution < 1.29 is 14.3 Å². The first-order valence-electron chi connectivity index (χ1n) is 6.67. The van der Waals surface area contributed by atoms with Crippen molar-refractivity contribution in [2.24, 2.45) is 0 Å². The van der Waals surface area contributed by atoms with Crippen molar-refractivity contribution in [2.45, 2.75) is 31.2 Å². The Hall–Kier alpha value is -2.10. The number of hydrogen-bond donors (Lipinski definition) is 1. The van der Waals surface area contributed by atoms with E-state index in [1.165, 1.54) is 13.2 Å². The molecule has 1 N–H and O–H groups in total. The van der Waals surface area contributed by atoms with Crippen LogP contribution in [0.3, 0.4) is 0 Å². The molecule has 1 aromatic carbocycles. The van der Waals surface area contributed by atoms with Gasteiger partial charge in [-0.25, -0.2) is 4.79 Å². The maximum Gasteiger partial charge on any atom is 0.336 e. The van der Waals surface area contributed by atoms with Gasteiger partial charge in [-0.1, -0.05) is 37.8 Å². The molecule has 0 spiro atoms. The van der Waals surface area contributed by atoms with Gasteiger partial charge in [0.1, 0.15) is 0 Å². The summed E-state index contributed by atoms with van der Waals surface area (Å²) in [6.07, 6.45) is 2.51. The molecule has 0 saturated heterocycles. The first-order chi connectivity index (χ1) is 9.55. The summed E-state index contributed by atoms with van der Waals surface area (Å²) in [6.45, 7) is 5.57. The van der Waals surface area contributed by atoms with Crippen LogP contribution in [0, 0.1) is 0 Å². The molecular formula is C16H19NO3. The predicted octanol–water partition coefficient (Wildman–Crippen LogP) is 2.25. The molecule has 1 aromatic rings. The Balaban J connectivity index is 2.58. The number of methoxy groups -OCH3 is 1. The van der Waals surface area contributed by atoms with Crippen molar-refractivity contribution in [3.63, 3.8) is 0 Å². The van der Waals surface area contributed by atoms with E-state index < -0.39 is 11.5 Å². The van der Waals surface area contributed by atoms with E-state index in [1.807, 2.05) is 24.3 Å². The summed E-state index contributed by atoms with van der Waals surface area (Å²) in [4.78, 5) is 24.1. The van der Waals surface area contributed by atoms with Gasteiger partial charge in [0.2, 0.25) is 5.91 Å². The summed E-state index contributed by atoms with van der Waals surface area (Å²) < 4.78 is 4.94. The molecule has 1 aliphatic rings. The zero-order valence-electron chi connectivity index (χ0n) is 11.8. The van der Waals surface area contributed by atoms with Gasteiger partial charge in [-0.3, -0.25) is 4.79 Å². The summed E-state index contributed by atoms with van der Waals surface area (Å²) in [7, 11) is 1.34. The lowest BCUT2D eigenvalue weighted by Crippen LogP contribution is -2.54. The van der Waals surface area contributed by atoms with Crippen LogP contribution in [0.1, 0.15) is 36.8 Å². The number of esters is 1. The van der Waals surface area contributed by atoms with E-state index in [2.05, 4.69) is 18.8 Å². The van der Waals surface area contributed by atoms with Crippen molar-refractivity contribution >= 4 is 11.9 Å². The summed E-state index contributed by atoms with van der Waals surface area (Å²) in [6, 6.07) is 7.69. The molecule has 2 atom stereocenters. The van der Waals surface area contributed by atoms with Gasteiger partial charge in [0.25, 0.3) is 0 Å². The van der Waals surface area contributed by atoms with Crippen LogP contribution in [0.15, 0.2) is 36.9 Å². The lowest BCUT2D eigenvalue weighted by molar-refractivity contribution is -0.152. The van der Waals surface area contributed by atoms with E-state index in [9.17, 15) is 9.59 Å². The Morgan fingerprint density at radius 1 is 1.45 bits per heavy atom. The number of hydrogen-bond acceptors (Lipinski definition) is 3. The van der Waals surface area contributed by atoms with Gasteiger partial charge >= 0.3 is 5.97 Å². The highest BCUT2D eigenvalue weighted by atomic mass is 16.5. The van der Waals surface area contributed by atoms with Gasteiger partial charge in [0.05, 0.1) is 7.11 Å². The minimum Gasteiger partial charge on any atom is -0.467 e. The molecule has 4 nitrogen and oxygen atoms in total. The minimum atomic E-state index is -1.11. The molecule has 0 radical (unpaired) electrons. The minimum absolute atomic E-state index is 0.351. The summed E-state index contributed by atoms with van der Waals surface area (Å²) in [5.41, 5.74) is 0.790. The van der Waals surface area contributed by atoms with Crippen LogP contribution in [-0.4, -0.2) is 19.0 Å². The van der Waals surface area contributed by atoms with Crippen LogP contribution < -0.4 is 5.32 Å². The van der Waals surface area contributed by atoms with Gasteiger partial charge in [-0.2, -0.15) is 0 Å². The Labute approximate surface area is 118 Å². The second-order valence-electron chi connectivity index (χ2n) is 5.12. The number of ether oxygens (including phenoxy) is 1. The van der Waals surface area contributed by atoms with E-state index in [1.54, 1.807) is 0 Å². The molecule has 4 heteroatoms. The first-order valence-corrected chi connectivity index (χ1v) is 6.67. The summed E-state index contributed by atoms with van der Waals surface area (Å²) in [5, 5.41) is 2.78. The van der Waals surface area contributed by atoms with Crippen LogP contribution in [-0.2, 0) is 19.9 Å². The van der Waals surface area contributed by atoms with Crippen molar-refractivity contribution in [3.8, 4) is 0 Å². The smallest absolute Gasteiger partial charge is 0.336 e. The van der Waals surface area contributed by atoms with E-state index in [0.717, 1.165) is 17.5 Å². The molecule has 106 valence electrons. The van der Waals surface area contributed by atoms with E-state index in [-0.39, 0.29) is 5.91 Å². The number of benzene rings is 1. The molecular weight excluding hydrogens is 254 g/mol. The first kappa shape index (κ1) is 14.3. The zero-order chi connectivity index (χ0) is 14.8. The van der Waals surface area contributed by atoms with E-state index in [0.29, 0.717) is 12.3 Å². The number of nitrogens with one attached hydrogen (secondary N) is 1. The Morgan fingerprint density at radius 3 is 2.80 bits per heavy atom. The zero-order valence-corrected chi connectivity index (χ0v) is 11.8. The molecule has 1 aliphatic carbocycles. The molecule has 0 aromatic heterocycles. The molecule has 0 aliphatic heterocycles. The van der Waals surface area contributed by atoms with Crippen LogP contribution in [0.25, 0.3) is 0 Å². The third-order valence-corrected chi connectivity index (χ3v) is 3.96. The normalized spacial score (nSPS) is 24.4. The third-order valence-electron chi connectivity index (χ3n) is 3.96. The molecule has 0 saturated carbocycles. The molecule has 20 heavy (non-hydrogen) atoms.